The molecule has 3 aromatic rings. The number of H-pyrrole nitrogens is 1. The average Bonchev–Trinajstić information content (AvgIpc) is 3.28. The normalized spacial score (nSPS) is 12.4. The lowest BCUT2D eigenvalue weighted by Crippen LogP contribution is -2.37. The van der Waals surface area contributed by atoms with Crippen molar-refractivity contribution in [3.63, 3.8) is 0 Å². The highest BCUT2D eigenvalue weighted by molar-refractivity contribution is 7.98. The summed E-state index contributed by atoms with van der Waals surface area (Å²) < 4.78 is 28.9. The number of aliphatic carboxylic acids is 1. The van der Waals surface area contributed by atoms with Gasteiger partial charge in [-0.3, -0.25) is 14.4 Å². The molecular formula is C22H18F2N3O5S+. The molecule has 1 aromatic carbocycles. The van der Waals surface area contributed by atoms with E-state index in [0.717, 1.165) is 18.2 Å². The molecule has 0 unspecified atom stereocenters. The fourth-order valence-electron chi connectivity index (χ4n) is 3.60. The number of nitrogens with zero attached hydrogens (tertiary/aromatic N) is 1. The molecule has 0 saturated carbocycles. The summed E-state index contributed by atoms with van der Waals surface area (Å²) in [4.78, 5) is 39.2. The predicted octanol–water partition coefficient (Wildman–Crippen LogP) is 1.92. The fraction of sp³-hybridized carbons (Fsp3) is 0.182. The Kier molecular flexibility index (Phi) is 6.14. The predicted molar refractivity (Wildman–Crippen MR) is 115 cm³/mol. The number of nitrogens with one attached hydrogen (secondary N) is 2. The quantitative estimate of drug-likeness (QED) is 0.502. The Morgan fingerprint density at radius 1 is 1.18 bits per heavy atom. The second-order valence-corrected chi connectivity index (χ2v) is 8.33. The maximum Gasteiger partial charge on any atom is 0.322 e. The summed E-state index contributed by atoms with van der Waals surface area (Å²) in [6.45, 7) is -0.653. The molecule has 0 saturated heterocycles. The van der Waals surface area contributed by atoms with Crippen LogP contribution >= 0.6 is 11.8 Å². The molecular weight excluding hydrogens is 456 g/mol. The van der Waals surface area contributed by atoms with Crippen molar-refractivity contribution in [3.8, 4) is 17.0 Å². The van der Waals surface area contributed by atoms with Gasteiger partial charge in [-0.05, 0) is 24.3 Å². The number of thioether (sulfide) groups is 1. The summed E-state index contributed by atoms with van der Waals surface area (Å²) in [6, 6.07) is 6.30. The molecule has 1 aliphatic heterocycles. The minimum Gasteiger partial charge on any atom is -0.507 e. The van der Waals surface area contributed by atoms with E-state index < -0.39 is 46.9 Å². The van der Waals surface area contributed by atoms with Crippen LogP contribution in [-0.2, 0) is 22.8 Å². The third kappa shape index (κ3) is 4.44. The number of hydrogen-bond donors (Lipinski definition) is 3. The fourth-order valence-corrected chi connectivity index (χ4v) is 4.73. The van der Waals surface area contributed by atoms with Crippen molar-refractivity contribution in [2.45, 2.75) is 18.1 Å². The Morgan fingerprint density at radius 2 is 1.97 bits per heavy atom. The largest absolute Gasteiger partial charge is 0.507 e. The number of carboxylic acid groups (broad SMARTS) is 1. The number of halogens is 2. The van der Waals surface area contributed by atoms with Gasteiger partial charge in [0.25, 0.3) is 11.5 Å². The van der Waals surface area contributed by atoms with Crippen molar-refractivity contribution in [3.05, 3.63) is 80.9 Å². The summed E-state index contributed by atoms with van der Waals surface area (Å²) in [6.07, 6.45) is 1.54. The zero-order chi connectivity index (χ0) is 23.7. The molecule has 0 spiro atoms. The van der Waals surface area contributed by atoms with Crippen LogP contribution in [0, 0.1) is 11.6 Å². The highest BCUT2D eigenvalue weighted by Gasteiger charge is 2.29. The Labute approximate surface area is 189 Å². The molecule has 1 amide bonds. The number of aromatic nitrogens is 2. The molecule has 4 N–H and O–H groups in total. The van der Waals surface area contributed by atoms with Gasteiger partial charge in [0.15, 0.2) is 6.20 Å². The Morgan fingerprint density at radius 3 is 2.67 bits per heavy atom. The van der Waals surface area contributed by atoms with Crippen LogP contribution in [0.15, 0.2) is 41.3 Å². The highest BCUT2D eigenvalue weighted by atomic mass is 32.2. The summed E-state index contributed by atoms with van der Waals surface area (Å²) in [7, 11) is 0. The highest BCUT2D eigenvalue weighted by Crippen LogP contribution is 2.36. The number of hydrogen-bond acceptors (Lipinski definition) is 5. The minimum absolute atomic E-state index is 0.0453. The van der Waals surface area contributed by atoms with Crippen molar-refractivity contribution in [2.75, 3.05) is 6.54 Å². The van der Waals surface area contributed by atoms with Crippen molar-refractivity contribution in [1.82, 2.24) is 9.88 Å². The standard InChI is InChI=1S/C22H17F2N3O5S/c23-12-2-3-15(24)13(5-12)16-4-1-11(6-25-16)8-27-17-10-33-9-14(17)20(30)19(22(27)32)21(31)26-7-18(28)29/h1-6,30H,7-10H2,(H,26,31)(H,28,29)/p+1. The molecule has 0 atom stereocenters. The first-order chi connectivity index (χ1) is 15.8. The minimum atomic E-state index is -1.29. The van der Waals surface area contributed by atoms with Crippen LogP contribution in [0.1, 0.15) is 27.2 Å². The number of aromatic amines is 1. The number of carbonyl (C=O) groups excluding carboxylic acids is 1. The van der Waals surface area contributed by atoms with Gasteiger partial charge in [-0.2, -0.15) is 11.8 Å². The third-order valence-electron chi connectivity index (χ3n) is 5.20. The van der Waals surface area contributed by atoms with Crippen LogP contribution in [0.4, 0.5) is 8.78 Å². The number of carbonyl (C=O) groups is 2. The summed E-state index contributed by atoms with van der Waals surface area (Å²) in [5, 5.41) is 21.4. The third-order valence-corrected chi connectivity index (χ3v) is 6.18. The van der Waals surface area contributed by atoms with Crippen molar-refractivity contribution < 1.29 is 33.6 Å². The monoisotopic (exact) mass is 474 g/mol. The number of rotatable bonds is 6. The molecule has 0 fully saturated rings. The zero-order valence-electron chi connectivity index (χ0n) is 17.0. The maximum atomic E-state index is 14.0. The van der Waals surface area contributed by atoms with E-state index in [0.29, 0.717) is 34.0 Å². The smallest absolute Gasteiger partial charge is 0.322 e. The molecule has 1 aliphatic rings. The number of benzene rings is 1. The lowest BCUT2D eigenvalue weighted by atomic mass is 10.1. The first kappa shape index (κ1) is 22.5. The lowest BCUT2D eigenvalue weighted by molar-refractivity contribution is -0.365. The summed E-state index contributed by atoms with van der Waals surface area (Å²) >= 11 is 1.46. The van der Waals surface area contributed by atoms with Crippen LogP contribution < -0.4 is 15.9 Å². The van der Waals surface area contributed by atoms with E-state index in [-0.39, 0.29) is 12.1 Å². The van der Waals surface area contributed by atoms with Gasteiger partial charge in [-0.25, -0.2) is 13.8 Å². The van der Waals surface area contributed by atoms with Crippen molar-refractivity contribution in [2.24, 2.45) is 0 Å². The zero-order valence-corrected chi connectivity index (χ0v) is 17.8. The number of amides is 1. The molecule has 11 heteroatoms. The van der Waals surface area contributed by atoms with Gasteiger partial charge in [-0.15, -0.1) is 0 Å². The molecule has 0 aliphatic carbocycles. The molecule has 8 nitrogen and oxygen atoms in total. The van der Waals surface area contributed by atoms with Gasteiger partial charge < -0.3 is 20.1 Å². The van der Waals surface area contributed by atoms with Gasteiger partial charge in [-0.1, -0.05) is 0 Å². The summed E-state index contributed by atoms with van der Waals surface area (Å²) in [5.74, 6) is -3.04. The topological polar surface area (TPSA) is 123 Å². The Bertz CT molecular complexity index is 1330. The SMILES string of the molecule is O=C(O)CNC(=O)c1c(O)c2c(n(Cc3ccc(-c4cc(F)ccc4F)[nH+]c3)c1=O)CSC2. The lowest BCUT2D eigenvalue weighted by Gasteiger charge is -2.15. The number of aromatic hydroxyl groups is 1. The van der Waals surface area contributed by atoms with Crippen LogP contribution in [0.5, 0.6) is 5.75 Å². The molecule has 4 rings (SSSR count). The molecule has 0 radical (unpaired) electrons. The van der Waals surface area contributed by atoms with Crippen LogP contribution in [-0.4, -0.2) is 33.2 Å². The van der Waals surface area contributed by atoms with E-state index in [2.05, 4.69) is 10.3 Å². The Hall–Kier alpha value is -3.73. The van der Waals surface area contributed by atoms with Crippen LogP contribution in [0.25, 0.3) is 11.3 Å². The number of pyridine rings is 2. The van der Waals surface area contributed by atoms with E-state index in [1.54, 1.807) is 12.1 Å². The second-order valence-electron chi connectivity index (χ2n) is 7.34. The van der Waals surface area contributed by atoms with E-state index in [9.17, 15) is 28.3 Å². The van der Waals surface area contributed by atoms with Gasteiger partial charge in [0, 0.05) is 34.4 Å². The number of fused-ring (bicyclic) bond motifs is 1. The Balaban J connectivity index is 1.70. The van der Waals surface area contributed by atoms with Gasteiger partial charge >= 0.3 is 5.97 Å². The molecule has 170 valence electrons. The molecule has 3 heterocycles. The van der Waals surface area contributed by atoms with Gasteiger partial charge in [0.1, 0.15) is 29.5 Å². The van der Waals surface area contributed by atoms with E-state index in [4.69, 9.17) is 5.11 Å². The average molecular weight is 474 g/mol. The van der Waals surface area contributed by atoms with Crippen molar-refractivity contribution in [1.29, 1.82) is 0 Å². The van der Waals surface area contributed by atoms with Crippen LogP contribution in [0.2, 0.25) is 0 Å². The van der Waals surface area contributed by atoms with Crippen molar-refractivity contribution >= 4 is 23.6 Å². The first-order valence-corrected chi connectivity index (χ1v) is 10.9. The van der Waals surface area contributed by atoms with E-state index >= 15 is 0 Å². The van der Waals surface area contributed by atoms with Crippen LogP contribution in [0.3, 0.4) is 0 Å². The van der Waals surface area contributed by atoms with E-state index in [1.165, 1.54) is 22.5 Å². The van der Waals surface area contributed by atoms with E-state index in [1.807, 2.05) is 0 Å². The number of carboxylic acids is 1. The van der Waals surface area contributed by atoms with Gasteiger partial charge in [0.2, 0.25) is 5.69 Å². The molecule has 33 heavy (non-hydrogen) atoms. The molecule has 2 aromatic heterocycles. The maximum absolute atomic E-state index is 14.0. The van der Waals surface area contributed by atoms with Gasteiger partial charge in [0.05, 0.1) is 12.1 Å². The molecule has 0 bridgehead atoms. The second kappa shape index (κ2) is 9.02. The summed E-state index contributed by atoms with van der Waals surface area (Å²) in [5.41, 5.74) is 0.748. The first-order valence-electron chi connectivity index (χ1n) is 9.77.